The molecule has 0 saturated carbocycles. The fourth-order valence-electron chi connectivity index (χ4n) is 1.03. The summed E-state index contributed by atoms with van der Waals surface area (Å²) in [5.41, 5.74) is -2.44. The normalized spacial score (nSPS) is 10.6. The van der Waals surface area contributed by atoms with E-state index in [1.165, 1.54) is 22.6 Å². The summed E-state index contributed by atoms with van der Waals surface area (Å²) in [5, 5.41) is 9.32. The molecule has 1 heterocycles. The molecule has 1 aromatic heterocycles. The van der Waals surface area contributed by atoms with Crippen LogP contribution in [0.4, 0.5) is 14.5 Å². The van der Waals surface area contributed by atoms with Gasteiger partial charge >= 0.3 is 5.69 Å². The third kappa shape index (κ3) is 2.43. The highest BCUT2D eigenvalue weighted by atomic mass is 127. The van der Waals surface area contributed by atoms with Crippen LogP contribution < -0.4 is 0 Å². The number of nitrogens with zero attached hydrogens (tertiary/aromatic N) is 2. The van der Waals surface area contributed by atoms with Crippen LogP contribution in [-0.4, -0.2) is 15.1 Å². The van der Waals surface area contributed by atoms with Gasteiger partial charge in [0.2, 0.25) is 0 Å². The van der Waals surface area contributed by atoms with E-state index in [0.717, 1.165) is 0 Å². The summed E-state index contributed by atoms with van der Waals surface area (Å²) in [6.07, 6.45) is -2.35. The Kier molecular flexibility index (Phi) is 4.08. The minimum atomic E-state index is -3.05. The lowest BCUT2D eigenvalue weighted by Gasteiger charge is -2.05. The Hall–Kier alpha value is -0.900. The van der Waals surface area contributed by atoms with Crippen molar-refractivity contribution in [2.45, 2.75) is 6.43 Å². The zero-order chi connectivity index (χ0) is 12.5. The van der Waals surface area contributed by atoms with Crippen LogP contribution in [0.2, 0.25) is 0 Å². The topological polar surface area (TPSA) is 73.1 Å². The van der Waals surface area contributed by atoms with Crippen LogP contribution in [0.15, 0.2) is 6.20 Å². The molecule has 1 aromatic rings. The average molecular weight is 362 g/mol. The van der Waals surface area contributed by atoms with Gasteiger partial charge in [0, 0.05) is 6.20 Å². The molecule has 0 unspecified atom stereocenters. The number of aromatic nitrogens is 1. The lowest BCUT2D eigenvalue weighted by molar-refractivity contribution is -0.386. The predicted octanol–water partition coefficient (Wildman–Crippen LogP) is 2.91. The third-order valence-electron chi connectivity index (χ3n) is 1.65. The molecular formula is C7H2ClF2IN2O3. The molecule has 0 bridgehead atoms. The second kappa shape index (κ2) is 4.95. The minimum absolute atomic E-state index is 0.170. The average Bonchev–Trinajstić information content (AvgIpc) is 2.15. The Morgan fingerprint density at radius 1 is 1.62 bits per heavy atom. The number of hydrogen-bond donors (Lipinski definition) is 0. The first-order valence-electron chi connectivity index (χ1n) is 3.67. The standard InChI is InChI=1S/C7H2ClF2IN2O3/c8-5(14)3-2(6(9)10)1-12-7(11)4(3)13(15)16/h1,6H. The maximum Gasteiger partial charge on any atom is 0.313 e. The van der Waals surface area contributed by atoms with E-state index in [0.29, 0.717) is 6.20 Å². The molecule has 86 valence electrons. The van der Waals surface area contributed by atoms with Gasteiger partial charge in [0.25, 0.3) is 11.7 Å². The van der Waals surface area contributed by atoms with Crippen LogP contribution in [0.5, 0.6) is 0 Å². The van der Waals surface area contributed by atoms with Crippen LogP contribution in [-0.2, 0) is 0 Å². The summed E-state index contributed by atoms with van der Waals surface area (Å²) < 4.78 is 24.8. The van der Waals surface area contributed by atoms with E-state index in [1.807, 2.05) is 0 Å². The van der Waals surface area contributed by atoms with E-state index in [4.69, 9.17) is 11.6 Å². The molecule has 0 amide bonds. The zero-order valence-corrected chi connectivity index (χ0v) is 10.2. The van der Waals surface area contributed by atoms with Gasteiger partial charge in [0.05, 0.1) is 10.5 Å². The summed E-state index contributed by atoms with van der Waals surface area (Å²) in [7, 11) is 0. The van der Waals surface area contributed by atoms with E-state index in [1.54, 1.807) is 0 Å². The first kappa shape index (κ1) is 13.2. The maximum absolute atomic E-state index is 12.5. The molecule has 1 rings (SSSR count). The number of carbonyl (C=O) groups excluding carboxylic acids is 1. The number of carbonyl (C=O) groups is 1. The monoisotopic (exact) mass is 362 g/mol. The summed E-state index contributed by atoms with van der Waals surface area (Å²) >= 11 is 6.53. The quantitative estimate of drug-likeness (QED) is 0.272. The summed E-state index contributed by atoms with van der Waals surface area (Å²) in [5.74, 6) is 0. The molecule has 0 aliphatic rings. The number of rotatable bonds is 3. The molecule has 0 radical (unpaired) electrons. The Morgan fingerprint density at radius 2 is 2.19 bits per heavy atom. The number of hydrogen-bond acceptors (Lipinski definition) is 4. The highest BCUT2D eigenvalue weighted by Crippen LogP contribution is 2.32. The Labute approximate surface area is 106 Å². The maximum atomic E-state index is 12.5. The number of pyridine rings is 1. The highest BCUT2D eigenvalue weighted by molar-refractivity contribution is 14.1. The van der Waals surface area contributed by atoms with E-state index in [2.05, 4.69) is 4.98 Å². The molecule has 0 saturated heterocycles. The first-order chi connectivity index (χ1) is 7.36. The van der Waals surface area contributed by atoms with Crippen molar-refractivity contribution in [3.63, 3.8) is 0 Å². The Morgan fingerprint density at radius 3 is 2.56 bits per heavy atom. The predicted molar refractivity (Wildman–Crippen MR) is 58.7 cm³/mol. The molecule has 0 aliphatic heterocycles. The highest BCUT2D eigenvalue weighted by Gasteiger charge is 2.30. The van der Waals surface area contributed by atoms with Gasteiger partial charge in [-0.25, -0.2) is 13.8 Å². The first-order valence-corrected chi connectivity index (χ1v) is 5.12. The third-order valence-corrected chi connectivity index (χ3v) is 2.63. The molecule has 0 aromatic carbocycles. The minimum Gasteiger partial charge on any atom is -0.275 e. The van der Waals surface area contributed by atoms with Crippen LogP contribution in [0.1, 0.15) is 22.3 Å². The van der Waals surface area contributed by atoms with Crippen LogP contribution in [0.25, 0.3) is 0 Å². The lowest BCUT2D eigenvalue weighted by atomic mass is 10.1. The zero-order valence-electron chi connectivity index (χ0n) is 7.29. The van der Waals surface area contributed by atoms with Gasteiger partial charge in [0.1, 0.15) is 5.56 Å². The van der Waals surface area contributed by atoms with Gasteiger partial charge in [-0.2, -0.15) is 0 Å². The van der Waals surface area contributed by atoms with Crippen molar-refractivity contribution in [1.82, 2.24) is 4.98 Å². The second-order valence-corrected chi connectivity index (χ2v) is 3.92. The van der Waals surface area contributed by atoms with Gasteiger partial charge in [0.15, 0.2) is 3.70 Å². The van der Waals surface area contributed by atoms with E-state index >= 15 is 0 Å². The number of nitro groups is 1. The second-order valence-electron chi connectivity index (χ2n) is 2.56. The molecule has 9 heteroatoms. The number of halogens is 4. The lowest BCUT2D eigenvalue weighted by Crippen LogP contribution is -2.07. The SMILES string of the molecule is O=C(Cl)c1c(C(F)F)cnc(I)c1[N+](=O)[O-]. The molecule has 0 N–H and O–H groups in total. The molecule has 0 aliphatic carbocycles. The molecule has 0 fully saturated rings. The fraction of sp³-hybridized carbons (Fsp3) is 0.143. The molecular weight excluding hydrogens is 360 g/mol. The van der Waals surface area contributed by atoms with Crippen LogP contribution in [0.3, 0.4) is 0 Å². The van der Waals surface area contributed by atoms with Gasteiger partial charge < -0.3 is 0 Å². The van der Waals surface area contributed by atoms with Crippen molar-refractivity contribution in [3.05, 3.63) is 31.1 Å². The van der Waals surface area contributed by atoms with E-state index < -0.39 is 33.4 Å². The molecule has 0 atom stereocenters. The van der Waals surface area contributed by atoms with Gasteiger partial charge in [-0.05, 0) is 34.2 Å². The van der Waals surface area contributed by atoms with Crippen LogP contribution >= 0.6 is 34.2 Å². The van der Waals surface area contributed by atoms with Crippen molar-refractivity contribution >= 4 is 45.1 Å². The molecule has 5 nitrogen and oxygen atoms in total. The van der Waals surface area contributed by atoms with Crippen molar-refractivity contribution in [3.8, 4) is 0 Å². The van der Waals surface area contributed by atoms with E-state index in [-0.39, 0.29) is 3.70 Å². The van der Waals surface area contributed by atoms with Crippen molar-refractivity contribution in [2.24, 2.45) is 0 Å². The van der Waals surface area contributed by atoms with Crippen LogP contribution in [0, 0.1) is 13.8 Å². The smallest absolute Gasteiger partial charge is 0.275 e. The summed E-state index contributed by atoms with van der Waals surface area (Å²) in [4.78, 5) is 24.0. The summed E-state index contributed by atoms with van der Waals surface area (Å²) in [6.45, 7) is 0. The van der Waals surface area contributed by atoms with Gasteiger partial charge in [-0.3, -0.25) is 14.9 Å². The Balaban J connectivity index is 3.63. The van der Waals surface area contributed by atoms with E-state index in [9.17, 15) is 23.7 Å². The van der Waals surface area contributed by atoms with Crippen molar-refractivity contribution in [2.75, 3.05) is 0 Å². The van der Waals surface area contributed by atoms with Crippen molar-refractivity contribution < 1.29 is 18.5 Å². The number of alkyl halides is 2. The van der Waals surface area contributed by atoms with Crippen molar-refractivity contribution in [1.29, 1.82) is 0 Å². The Bertz CT molecular complexity index is 469. The summed E-state index contributed by atoms with van der Waals surface area (Å²) in [6, 6.07) is 0. The largest absolute Gasteiger partial charge is 0.313 e. The molecule has 16 heavy (non-hydrogen) atoms. The van der Waals surface area contributed by atoms with Gasteiger partial charge in [-0.1, -0.05) is 0 Å². The van der Waals surface area contributed by atoms with Gasteiger partial charge in [-0.15, -0.1) is 0 Å². The fourth-order valence-corrected chi connectivity index (χ4v) is 1.83. The molecule has 0 spiro atoms.